The van der Waals surface area contributed by atoms with Gasteiger partial charge in [-0.2, -0.15) is 5.10 Å². The van der Waals surface area contributed by atoms with Crippen LogP contribution in [0, 0.1) is 5.92 Å². The van der Waals surface area contributed by atoms with Crippen LogP contribution in [0.5, 0.6) is 0 Å². The molecule has 94 valence electrons. The Kier molecular flexibility index (Phi) is 3.47. The largest absolute Gasteiger partial charge is 0.341 e. The van der Waals surface area contributed by atoms with Gasteiger partial charge in [0.2, 0.25) is 5.91 Å². The van der Waals surface area contributed by atoms with Crippen molar-refractivity contribution >= 4 is 5.91 Å². The van der Waals surface area contributed by atoms with E-state index in [0.717, 1.165) is 5.56 Å². The van der Waals surface area contributed by atoms with E-state index in [1.165, 1.54) is 12.8 Å². The van der Waals surface area contributed by atoms with E-state index in [4.69, 9.17) is 5.73 Å². The molecule has 1 saturated carbocycles. The third kappa shape index (κ3) is 3.30. The normalized spacial score (nSPS) is 16.9. The second-order valence-corrected chi connectivity index (χ2v) is 4.98. The molecule has 17 heavy (non-hydrogen) atoms. The fourth-order valence-electron chi connectivity index (χ4n) is 1.96. The number of nitrogens with two attached hydrogens (primary N) is 1. The lowest BCUT2D eigenvalue weighted by atomic mass is 10.1. The molecule has 0 spiro atoms. The molecule has 1 fully saturated rings. The second-order valence-electron chi connectivity index (χ2n) is 4.98. The number of aromatic nitrogens is 2. The van der Waals surface area contributed by atoms with Crippen molar-refractivity contribution in [3.63, 3.8) is 0 Å². The fourth-order valence-corrected chi connectivity index (χ4v) is 1.96. The molecule has 0 radical (unpaired) electrons. The van der Waals surface area contributed by atoms with Crippen molar-refractivity contribution in [3.8, 4) is 0 Å². The average molecular weight is 236 g/mol. The Morgan fingerprint density at radius 2 is 2.41 bits per heavy atom. The standard InChI is InChI=1S/C12H20N4O/c1-15(7-9-6-14-16(2)8-9)12(17)5-11(13)10-3-4-10/h6,8,10-11H,3-5,7,13H2,1-2H3. The Morgan fingerprint density at radius 3 is 2.94 bits per heavy atom. The van der Waals surface area contributed by atoms with Crippen LogP contribution in [0.4, 0.5) is 0 Å². The van der Waals surface area contributed by atoms with E-state index < -0.39 is 0 Å². The summed E-state index contributed by atoms with van der Waals surface area (Å²) in [5.41, 5.74) is 7.00. The highest BCUT2D eigenvalue weighted by molar-refractivity contribution is 5.76. The van der Waals surface area contributed by atoms with E-state index in [2.05, 4.69) is 5.10 Å². The third-order valence-electron chi connectivity index (χ3n) is 3.24. The zero-order chi connectivity index (χ0) is 12.4. The third-order valence-corrected chi connectivity index (χ3v) is 3.24. The minimum absolute atomic E-state index is 0.0406. The first kappa shape index (κ1) is 12.1. The van der Waals surface area contributed by atoms with Gasteiger partial charge in [-0.05, 0) is 18.8 Å². The maximum atomic E-state index is 11.9. The Morgan fingerprint density at radius 1 is 1.71 bits per heavy atom. The predicted molar refractivity (Wildman–Crippen MR) is 65.0 cm³/mol. The molecule has 1 aromatic heterocycles. The van der Waals surface area contributed by atoms with Gasteiger partial charge in [0.25, 0.3) is 0 Å². The van der Waals surface area contributed by atoms with E-state index in [9.17, 15) is 4.79 Å². The molecule has 1 aromatic rings. The zero-order valence-electron chi connectivity index (χ0n) is 10.5. The highest BCUT2D eigenvalue weighted by Gasteiger charge is 2.30. The van der Waals surface area contributed by atoms with Crippen molar-refractivity contribution in [2.45, 2.75) is 31.8 Å². The summed E-state index contributed by atoms with van der Waals surface area (Å²) in [5.74, 6) is 0.694. The molecule has 1 unspecified atom stereocenters. The van der Waals surface area contributed by atoms with Crippen LogP contribution in [0.15, 0.2) is 12.4 Å². The number of aryl methyl sites for hydroxylation is 1. The first-order chi connectivity index (χ1) is 8.06. The zero-order valence-corrected chi connectivity index (χ0v) is 10.5. The Labute approximate surface area is 102 Å². The summed E-state index contributed by atoms with van der Waals surface area (Å²) >= 11 is 0. The minimum Gasteiger partial charge on any atom is -0.341 e. The molecule has 0 aromatic carbocycles. The van der Waals surface area contributed by atoms with Crippen LogP contribution >= 0.6 is 0 Å². The van der Waals surface area contributed by atoms with Crippen LogP contribution < -0.4 is 5.73 Å². The molecule has 1 aliphatic carbocycles. The lowest BCUT2D eigenvalue weighted by Crippen LogP contribution is -2.34. The van der Waals surface area contributed by atoms with E-state index in [-0.39, 0.29) is 11.9 Å². The smallest absolute Gasteiger partial charge is 0.224 e. The molecular weight excluding hydrogens is 216 g/mol. The summed E-state index contributed by atoms with van der Waals surface area (Å²) in [6, 6.07) is 0.0406. The molecular formula is C12H20N4O. The Bertz CT molecular complexity index is 397. The molecule has 1 amide bonds. The van der Waals surface area contributed by atoms with E-state index in [0.29, 0.717) is 18.9 Å². The summed E-state index contributed by atoms with van der Waals surface area (Å²) in [6.45, 7) is 0.601. The molecule has 1 atom stereocenters. The second kappa shape index (κ2) is 4.87. The summed E-state index contributed by atoms with van der Waals surface area (Å²) in [7, 11) is 3.68. The van der Waals surface area contributed by atoms with Crippen molar-refractivity contribution in [2.75, 3.05) is 7.05 Å². The molecule has 5 heteroatoms. The summed E-state index contributed by atoms with van der Waals surface area (Å²) in [5, 5.41) is 4.08. The van der Waals surface area contributed by atoms with E-state index in [1.54, 1.807) is 15.8 Å². The van der Waals surface area contributed by atoms with E-state index in [1.807, 2.05) is 20.3 Å². The van der Waals surface area contributed by atoms with Crippen molar-refractivity contribution in [2.24, 2.45) is 18.7 Å². The Hall–Kier alpha value is -1.36. The fraction of sp³-hybridized carbons (Fsp3) is 0.667. The van der Waals surface area contributed by atoms with Gasteiger partial charge in [0.1, 0.15) is 0 Å². The lowest BCUT2D eigenvalue weighted by molar-refractivity contribution is -0.130. The maximum absolute atomic E-state index is 11.9. The Balaban J connectivity index is 1.82. The average Bonchev–Trinajstić information content (AvgIpc) is 3.04. The predicted octanol–water partition coefficient (Wildman–Crippen LogP) is 0.506. The van der Waals surface area contributed by atoms with Crippen LogP contribution in [-0.2, 0) is 18.4 Å². The van der Waals surface area contributed by atoms with Crippen molar-refractivity contribution in [1.29, 1.82) is 0 Å². The number of carbonyl (C=O) groups is 1. The van der Waals surface area contributed by atoms with Crippen LogP contribution in [-0.4, -0.2) is 33.7 Å². The highest BCUT2D eigenvalue weighted by Crippen LogP contribution is 2.32. The van der Waals surface area contributed by atoms with Gasteiger partial charge < -0.3 is 10.6 Å². The molecule has 2 rings (SSSR count). The van der Waals surface area contributed by atoms with Gasteiger partial charge in [0.15, 0.2) is 0 Å². The first-order valence-electron chi connectivity index (χ1n) is 6.03. The molecule has 0 aliphatic heterocycles. The number of hydrogen-bond acceptors (Lipinski definition) is 3. The highest BCUT2D eigenvalue weighted by atomic mass is 16.2. The van der Waals surface area contributed by atoms with Gasteiger partial charge in [-0.15, -0.1) is 0 Å². The first-order valence-corrected chi connectivity index (χ1v) is 6.03. The number of amides is 1. The summed E-state index contributed by atoms with van der Waals surface area (Å²) in [4.78, 5) is 13.6. The number of nitrogens with zero attached hydrogens (tertiary/aromatic N) is 3. The molecule has 0 bridgehead atoms. The lowest BCUT2D eigenvalue weighted by Gasteiger charge is -2.18. The number of carbonyl (C=O) groups excluding carboxylic acids is 1. The molecule has 2 N–H and O–H groups in total. The van der Waals surface area contributed by atoms with Gasteiger partial charge in [0, 0.05) is 44.9 Å². The molecule has 1 aliphatic rings. The van der Waals surface area contributed by atoms with Crippen LogP contribution in [0.25, 0.3) is 0 Å². The number of rotatable bonds is 5. The van der Waals surface area contributed by atoms with Gasteiger partial charge >= 0.3 is 0 Å². The van der Waals surface area contributed by atoms with Crippen LogP contribution in [0.3, 0.4) is 0 Å². The van der Waals surface area contributed by atoms with Crippen LogP contribution in [0.1, 0.15) is 24.8 Å². The molecule has 5 nitrogen and oxygen atoms in total. The van der Waals surface area contributed by atoms with Gasteiger partial charge in [-0.1, -0.05) is 0 Å². The van der Waals surface area contributed by atoms with Crippen LogP contribution in [0.2, 0.25) is 0 Å². The molecule has 1 heterocycles. The maximum Gasteiger partial charge on any atom is 0.224 e. The van der Waals surface area contributed by atoms with Gasteiger partial charge in [0.05, 0.1) is 6.20 Å². The van der Waals surface area contributed by atoms with Crippen molar-refractivity contribution < 1.29 is 4.79 Å². The van der Waals surface area contributed by atoms with Gasteiger partial charge in [-0.25, -0.2) is 0 Å². The SMILES string of the molecule is CN(Cc1cnn(C)c1)C(=O)CC(N)C1CC1. The van der Waals surface area contributed by atoms with Crippen molar-refractivity contribution in [1.82, 2.24) is 14.7 Å². The topological polar surface area (TPSA) is 64.2 Å². The minimum atomic E-state index is 0.0406. The van der Waals surface area contributed by atoms with E-state index >= 15 is 0 Å². The number of hydrogen-bond donors (Lipinski definition) is 1. The van der Waals surface area contributed by atoms with Crippen molar-refractivity contribution in [3.05, 3.63) is 18.0 Å². The summed E-state index contributed by atoms with van der Waals surface area (Å²) in [6.07, 6.45) is 6.53. The van der Waals surface area contributed by atoms with Gasteiger partial charge in [-0.3, -0.25) is 9.48 Å². The molecule has 0 saturated heterocycles. The summed E-state index contributed by atoms with van der Waals surface area (Å²) < 4.78 is 1.74. The quantitative estimate of drug-likeness (QED) is 0.810. The monoisotopic (exact) mass is 236 g/mol.